The van der Waals surface area contributed by atoms with Crippen molar-refractivity contribution in [1.29, 1.82) is 0 Å². The van der Waals surface area contributed by atoms with Gasteiger partial charge in [0, 0.05) is 30.6 Å². The second kappa shape index (κ2) is 11.0. The van der Waals surface area contributed by atoms with Crippen LogP contribution in [0.25, 0.3) is 0 Å². The van der Waals surface area contributed by atoms with Crippen LogP contribution in [-0.2, 0) is 6.54 Å². The van der Waals surface area contributed by atoms with Crippen LogP contribution in [0.4, 0.5) is 0 Å². The molecule has 25 heavy (non-hydrogen) atoms. The zero-order chi connectivity index (χ0) is 17.4. The number of aryl methyl sites for hydroxylation is 2. The number of thiazole rings is 1. The minimum Gasteiger partial charge on any atom is -0.355 e. The number of hydrogen-bond donors (Lipinski definition) is 3. The number of rotatable bonds is 6. The molecule has 0 saturated heterocycles. The third-order valence-corrected chi connectivity index (χ3v) is 4.45. The molecular formula is C17H24IN5OS. The van der Waals surface area contributed by atoms with Gasteiger partial charge in [-0.25, -0.2) is 4.98 Å². The summed E-state index contributed by atoms with van der Waals surface area (Å²) in [5.74, 6) is 0.630. The third-order valence-electron chi connectivity index (χ3n) is 3.38. The topological polar surface area (TPSA) is 78.4 Å². The lowest BCUT2D eigenvalue weighted by Crippen LogP contribution is -2.41. The number of carbonyl (C=O) groups excluding carboxylic acids is 1. The Labute approximate surface area is 169 Å². The second-order valence-electron chi connectivity index (χ2n) is 5.22. The Kier molecular flexibility index (Phi) is 9.43. The summed E-state index contributed by atoms with van der Waals surface area (Å²) in [6.45, 7) is 5.82. The highest BCUT2D eigenvalue weighted by Crippen LogP contribution is 2.16. The smallest absolute Gasteiger partial charge is 0.251 e. The first-order chi connectivity index (χ1) is 11.6. The van der Waals surface area contributed by atoms with Crippen LogP contribution in [0.3, 0.4) is 0 Å². The van der Waals surface area contributed by atoms with Crippen LogP contribution in [0.15, 0.2) is 35.3 Å². The molecule has 0 atom stereocenters. The highest BCUT2D eigenvalue weighted by Gasteiger charge is 2.06. The number of benzene rings is 1. The van der Waals surface area contributed by atoms with E-state index in [0.29, 0.717) is 31.2 Å². The average molecular weight is 473 g/mol. The number of carbonyl (C=O) groups is 1. The van der Waals surface area contributed by atoms with E-state index in [1.54, 1.807) is 30.5 Å². The molecule has 6 nitrogen and oxygen atoms in total. The Morgan fingerprint density at radius 3 is 2.40 bits per heavy atom. The molecule has 2 rings (SSSR count). The normalized spacial score (nSPS) is 10.8. The number of nitrogens with zero attached hydrogens (tertiary/aromatic N) is 2. The van der Waals surface area contributed by atoms with Crippen molar-refractivity contribution < 1.29 is 4.79 Å². The van der Waals surface area contributed by atoms with Gasteiger partial charge in [-0.05, 0) is 26.0 Å². The molecular weight excluding hydrogens is 449 g/mol. The number of halogens is 1. The van der Waals surface area contributed by atoms with Gasteiger partial charge in [-0.1, -0.05) is 18.2 Å². The van der Waals surface area contributed by atoms with Gasteiger partial charge in [-0.3, -0.25) is 9.79 Å². The Bertz CT molecular complexity index is 702. The summed E-state index contributed by atoms with van der Waals surface area (Å²) in [6, 6.07) is 9.18. The third kappa shape index (κ3) is 6.99. The Balaban J connectivity index is 0.00000312. The first-order valence-corrected chi connectivity index (χ1v) is 8.62. The molecule has 0 radical (unpaired) electrons. The molecule has 1 amide bonds. The maximum absolute atomic E-state index is 11.9. The highest BCUT2D eigenvalue weighted by atomic mass is 127. The SMILES string of the molecule is CN=C(NCCNC(=O)c1ccccc1)NCc1sc(C)nc1C.I. The van der Waals surface area contributed by atoms with Gasteiger partial charge in [-0.15, -0.1) is 35.3 Å². The molecule has 0 aliphatic heterocycles. The van der Waals surface area contributed by atoms with E-state index in [4.69, 9.17) is 0 Å². The zero-order valence-electron chi connectivity index (χ0n) is 14.6. The summed E-state index contributed by atoms with van der Waals surface area (Å²) in [4.78, 5) is 21.7. The van der Waals surface area contributed by atoms with Crippen molar-refractivity contribution in [3.63, 3.8) is 0 Å². The molecule has 0 spiro atoms. The number of aliphatic imine (C=N–C) groups is 1. The number of hydrogen-bond acceptors (Lipinski definition) is 4. The Hall–Kier alpha value is -1.68. The molecule has 1 heterocycles. The molecule has 0 bridgehead atoms. The average Bonchev–Trinajstić information content (AvgIpc) is 2.92. The lowest BCUT2D eigenvalue weighted by molar-refractivity contribution is 0.0954. The van der Waals surface area contributed by atoms with Crippen LogP contribution in [0.2, 0.25) is 0 Å². The standard InChI is InChI=1S/C17H23N5OS.HI/c1-12-15(24-13(2)22-12)11-21-17(18-3)20-10-9-19-16(23)14-7-5-4-6-8-14;/h4-8H,9-11H2,1-3H3,(H,19,23)(H2,18,20,21);1H. The summed E-state index contributed by atoms with van der Waals surface area (Å²) in [6.07, 6.45) is 0. The Morgan fingerprint density at radius 2 is 1.80 bits per heavy atom. The molecule has 8 heteroatoms. The van der Waals surface area contributed by atoms with Gasteiger partial charge < -0.3 is 16.0 Å². The summed E-state index contributed by atoms with van der Waals surface area (Å²) in [7, 11) is 1.72. The van der Waals surface area contributed by atoms with Crippen LogP contribution >= 0.6 is 35.3 Å². The predicted octanol–water partition coefficient (Wildman–Crippen LogP) is 2.47. The quantitative estimate of drug-likeness (QED) is 0.261. The van der Waals surface area contributed by atoms with Crippen LogP contribution in [0.1, 0.15) is 25.9 Å². The van der Waals surface area contributed by atoms with Crippen molar-refractivity contribution in [1.82, 2.24) is 20.9 Å². The van der Waals surface area contributed by atoms with E-state index in [-0.39, 0.29) is 29.9 Å². The van der Waals surface area contributed by atoms with Gasteiger partial charge in [0.1, 0.15) is 0 Å². The molecule has 3 N–H and O–H groups in total. The Morgan fingerprint density at radius 1 is 1.12 bits per heavy atom. The molecule has 1 aromatic heterocycles. The van der Waals surface area contributed by atoms with Gasteiger partial charge in [0.15, 0.2) is 5.96 Å². The van der Waals surface area contributed by atoms with E-state index >= 15 is 0 Å². The maximum atomic E-state index is 11.9. The lowest BCUT2D eigenvalue weighted by atomic mass is 10.2. The number of nitrogens with one attached hydrogen (secondary N) is 3. The number of amides is 1. The molecule has 0 aliphatic carbocycles. The summed E-state index contributed by atoms with van der Waals surface area (Å²) >= 11 is 1.68. The van der Waals surface area contributed by atoms with Crippen LogP contribution in [0, 0.1) is 13.8 Å². The molecule has 0 fully saturated rings. The van der Waals surface area contributed by atoms with E-state index < -0.39 is 0 Å². The van der Waals surface area contributed by atoms with E-state index in [2.05, 4.69) is 25.9 Å². The zero-order valence-corrected chi connectivity index (χ0v) is 17.8. The van der Waals surface area contributed by atoms with E-state index in [1.807, 2.05) is 32.0 Å². The van der Waals surface area contributed by atoms with Crippen LogP contribution < -0.4 is 16.0 Å². The van der Waals surface area contributed by atoms with Gasteiger partial charge in [0.25, 0.3) is 5.91 Å². The van der Waals surface area contributed by atoms with Crippen molar-refractivity contribution in [3.8, 4) is 0 Å². The van der Waals surface area contributed by atoms with Crippen molar-refractivity contribution in [2.24, 2.45) is 4.99 Å². The molecule has 2 aromatic rings. The second-order valence-corrected chi connectivity index (χ2v) is 6.50. The number of guanidine groups is 1. The first-order valence-electron chi connectivity index (χ1n) is 7.81. The van der Waals surface area contributed by atoms with Crippen molar-refractivity contribution in [3.05, 3.63) is 51.5 Å². The minimum atomic E-state index is -0.0730. The van der Waals surface area contributed by atoms with E-state index in [9.17, 15) is 4.79 Å². The maximum Gasteiger partial charge on any atom is 0.251 e. The van der Waals surface area contributed by atoms with Gasteiger partial charge in [-0.2, -0.15) is 0 Å². The lowest BCUT2D eigenvalue weighted by Gasteiger charge is -2.12. The molecule has 0 aliphatic rings. The summed E-state index contributed by atoms with van der Waals surface area (Å²) < 4.78 is 0. The predicted molar refractivity (Wildman–Crippen MR) is 114 cm³/mol. The van der Waals surface area contributed by atoms with Crippen molar-refractivity contribution >= 4 is 47.2 Å². The van der Waals surface area contributed by atoms with Gasteiger partial charge in [0.05, 0.1) is 17.2 Å². The largest absolute Gasteiger partial charge is 0.355 e. The number of aromatic nitrogens is 1. The monoisotopic (exact) mass is 473 g/mol. The minimum absolute atomic E-state index is 0. The first kappa shape index (κ1) is 21.4. The summed E-state index contributed by atoms with van der Waals surface area (Å²) in [5.41, 5.74) is 1.71. The fourth-order valence-corrected chi connectivity index (χ4v) is 3.05. The summed E-state index contributed by atoms with van der Waals surface area (Å²) in [5, 5.41) is 10.4. The molecule has 1 aromatic carbocycles. The van der Waals surface area contributed by atoms with Crippen LogP contribution in [0.5, 0.6) is 0 Å². The fraction of sp³-hybridized carbons (Fsp3) is 0.353. The van der Waals surface area contributed by atoms with Crippen molar-refractivity contribution in [2.75, 3.05) is 20.1 Å². The van der Waals surface area contributed by atoms with E-state index in [1.165, 1.54) is 4.88 Å². The van der Waals surface area contributed by atoms with E-state index in [0.717, 1.165) is 10.7 Å². The van der Waals surface area contributed by atoms with Crippen LogP contribution in [-0.4, -0.2) is 37.0 Å². The molecule has 0 unspecified atom stereocenters. The fourth-order valence-electron chi connectivity index (χ4n) is 2.17. The molecule has 0 saturated carbocycles. The van der Waals surface area contributed by atoms with Gasteiger partial charge in [0.2, 0.25) is 0 Å². The van der Waals surface area contributed by atoms with Crippen molar-refractivity contribution in [2.45, 2.75) is 20.4 Å². The molecule has 136 valence electrons. The highest BCUT2D eigenvalue weighted by molar-refractivity contribution is 14.0. The van der Waals surface area contributed by atoms with Gasteiger partial charge >= 0.3 is 0 Å².